The number of rotatable bonds is 7. The highest BCUT2D eigenvalue weighted by atomic mass is 32.1. The Bertz CT molecular complexity index is 513. The van der Waals surface area contributed by atoms with E-state index in [4.69, 9.17) is 18.0 Å². The van der Waals surface area contributed by atoms with E-state index >= 15 is 0 Å². The van der Waals surface area contributed by atoms with Crippen molar-refractivity contribution in [3.63, 3.8) is 0 Å². The first-order valence-corrected chi connectivity index (χ1v) is 7.64. The summed E-state index contributed by atoms with van der Waals surface area (Å²) in [6, 6.07) is 6.21. The van der Waals surface area contributed by atoms with Crippen molar-refractivity contribution in [3.05, 3.63) is 30.1 Å². The number of thiocarbonyl (C=S) groups is 1. The molecule has 0 heterocycles. The minimum absolute atomic E-state index is 0.194. The van der Waals surface area contributed by atoms with Crippen LogP contribution in [-0.2, 0) is 4.79 Å². The summed E-state index contributed by atoms with van der Waals surface area (Å²) >= 11 is 5.17. The van der Waals surface area contributed by atoms with Crippen LogP contribution in [-0.4, -0.2) is 17.9 Å². The maximum atomic E-state index is 13.9. The van der Waals surface area contributed by atoms with Gasteiger partial charge in [0.15, 0.2) is 0 Å². The molecule has 0 bridgehead atoms. The van der Waals surface area contributed by atoms with Crippen LogP contribution >= 0.6 is 12.2 Å². The van der Waals surface area contributed by atoms with Gasteiger partial charge in [0.05, 0.1) is 16.1 Å². The molecule has 1 amide bonds. The number of anilines is 1. The molecule has 0 unspecified atom stereocenters. The molecule has 0 fully saturated rings. The smallest absolute Gasteiger partial charge is 0.239 e. The van der Waals surface area contributed by atoms with Gasteiger partial charge < -0.3 is 10.6 Å². The summed E-state index contributed by atoms with van der Waals surface area (Å²) in [4.78, 5) is 14.5. The number of hydrogen-bond acceptors (Lipinski definition) is 2. The maximum Gasteiger partial charge on any atom is 0.239 e. The van der Waals surface area contributed by atoms with Crippen LogP contribution in [0.5, 0.6) is 0 Å². The van der Waals surface area contributed by atoms with Crippen LogP contribution in [0, 0.1) is 11.2 Å². The van der Waals surface area contributed by atoms with Crippen molar-refractivity contribution < 1.29 is 9.18 Å². The van der Waals surface area contributed by atoms with E-state index in [1.165, 1.54) is 11.0 Å². The predicted octanol–water partition coefficient (Wildman–Crippen LogP) is 3.66. The van der Waals surface area contributed by atoms with E-state index in [0.29, 0.717) is 12.8 Å². The molecule has 21 heavy (non-hydrogen) atoms. The van der Waals surface area contributed by atoms with E-state index in [1.54, 1.807) is 25.2 Å². The van der Waals surface area contributed by atoms with Gasteiger partial charge in [0.1, 0.15) is 5.82 Å². The van der Waals surface area contributed by atoms with Crippen molar-refractivity contribution in [2.45, 2.75) is 39.5 Å². The molecule has 1 aromatic rings. The second kappa shape index (κ2) is 7.50. The molecule has 0 saturated heterocycles. The van der Waals surface area contributed by atoms with Crippen molar-refractivity contribution in [1.29, 1.82) is 0 Å². The van der Waals surface area contributed by atoms with Gasteiger partial charge in [-0.05, 0) is 25.0 Å². The second-order valence-corrected chi connectivity index (χ2v) is 5.70. The van der Waals surface area contributed by atoms with Crippen LogP contribution in [0.25, 0.3) is 0 Å². The largest absolute Gasteiger partial charge is 0.392 e. The third-order valence-corrected chi connectivity index (χ3v) is 4.14. The summed E-state index contributed by atoms with van der Waals surface area (Å²) in [6.45, 7) is 3.97. The Balaban J connectivity index is 3.22. The Kier molecular flexibility index (Phi) is 6.27. The van der Waals surface area contributed by atoms with Crippen molar-refractivity contribution in [2.75, 3.05) is 11.9 Å². The normalized spacial score (nSPS) is 11.2. The van der Waals surface area contributed by atoms with E-state index in [1.807, 2.05) is 13.8 Å². The van der Waals surface area contributed by atoms with Gasteiger partial charge in [-0.2, -0.15) is 0 Å². The number of hydrogen-bond donors (Lipinski definition) is 1. The third kappa shape index (κ3) is 3.59. The van der Waals surface area contributed by atoms with Gasteiger partial charge in [0, 0.05) is 7.05 Å². The van der Waals surface area contributed by atoms with Gasteiger partial charge in [0.2, 0.25) is 5.91 Å². The van der Waals surface area contributed by atoms with Crippen LogP contribution in [0.3, 0.4) is 0 Å². The highest BCUT2D eigenvalue weighted by Gasteiger charge is 2.42. The second-order valence-electron chi connectivity index (χ2n) is 5.26. The quantitative estimate of drug-likeness (QED) is 0.782. The van der Waals surface area contributed by atoms with Crippen molar-refractivity contribution in [3.8, 4) is 0 Å². The molecule has 1 rings (SSSR count). The zero-order valence-electron chi connectivity index (χ0n) is 12.9. The lowest BCUT2D eigenvalue weighted by molar-refractivity contribution is -0.125. The van der Waals surface area contributed by atoms with Gasteiger partial charge in [-0.1, -0.05) is 51.0 Å². The summed E-state index contributed by atoms with van der Waals surface area (Å²) < 4.78 is 13.9. The molecule has 2 N–H and O–H groups in total. The van der Waals surface area contributed by atoms with E-state index in [2.05, 4.69) is 0 Å². The van der Waals surface area contributed by atoms with Crippen LogP contribution in [0.4, 0.5) is 10.1 Å². The molecular formula is C16H23FN2OS. The lowest BCUT2D eigenvalue weighted by Gasteiger charge is -2.35. The van der Waals surface area contributed by atoms with Crippen molar-refractivity contribution >= 4 is 28.8 Å². The molecule has 1 aromatic carbocycles. The fraction of sp³-hybridized carbons (Fsp3) is 0.500. The van der Waals surface area contributed by atoms with Gasteiger partial charge in [-0.3, -0.25) is 4.79 Å². The lowest BCUT2D eigenvalue weighted by Crippen LogP contribution is -2.49. The fourth-order valence-corrected chi connectivity index (χ4v) is 2.99. The molecule has 0 spiro atoms. The highest BCUT2D eigenvalue weighted by molar-refractivity contribution is 7.80. The molecule has 0 aliphatic rings. The predicted molar refractivity (Wildman–Crippen MR) is 88.8 cm³/mol. The molecule has 0 aliphatic carbocycles. The summed E-state index contributed by atoms with van der Waals surface area (Å²) in [5.74, 6) is -0.665. The number of nitrogens with zero attached hydrogens (tertiary/aromatic N) is 1. The Morgan fingerprint density at radius 2 is 1.81 bits per heavy atom. The zero-order valence-corrected chi connectivity index (χ0v) is 13.7. The van der Waals surface area contributed by atoms with Crippen LogP contribution in [0.2, 0.25) is 0 Å². The summed E-state index contributed by atoms with van der Waals surface area (Å²) in [6.07, 6.45) is 2.73. The van der Waals surface area contributed by atoms with Crippen LogP contribution < -0.4 is 10.6 Å². The molecule has 0 saturated carbocycles. The molecule has 0 radical (unpaired) electrons. The number of para-hydroxylation sites is 1. The van der Waals surface area contributed by atoms with E-state index < -0.39 is 11.2 Å². The molecular weight excluding hydrogens is 287 g/mol. The summed E-state index contributed by atoms with van der Waals surface area (Å²) in [7, 11) is 1.57. The zero-order chi connectivity index (χ0) is 16.0. The van der Waals surface area contributed by atoms with Gasteiger partial charge in [-0.25, -0.2) is 4.39 Å². The lowest BCUT2D eigenvalue weighted by atomic mass is 9.77. The Morgan fingerprint density at radius 3 is 2.24 bits per heavy atom. The first kappa shape index (κ1) is 17.6. The van der Waals surface area contributed by atoms with Gasteiger partial charge >= 0.3 is 0 Å². The molecule has 0 aliphatic heterocycles. The van der Waals surface area contributed by atoms with E-state index in [9.17, 15) is 9.18 Å². The van der Waals surface area contributed by atoms with Crippen LogP contribution in [0.1, 0.15) is 39.5 Å². The first-order valence-electron chi connectivity index (χ1n) is 7.23. The van der Waals surface area contributed by atoms with Crippen LogP contribution in [0.15, 0.2) is 24.3 Å². The Labute approximate surface area is 131 Å². The topological polar surface area (TPSA) is 46.3 Å². The van der Waals surface area contributed by atoms with Crippen molar-refractivity contribution in [2.24, 2.45) is 11.1 Å². The third-order valence-electron chi connectivity index (χ3n) is 3.75. The fourth-order valence-electron chi connectivity index (χ4n) is 2.70. The standard InChI is InChI=1S/C16H23FN2OS/c1-4-10-16(11-5-2,14(18)21)15(20)19(3)13-9-7-6-8-12(13)17/h6-9H,4-5,10-11H2,1-3H3,(H2,18,21). The minimum atomic E-state index is -0.893. The SMILES string of the molecule is CCCC(CCC)(C(=O)N(C)c1ccccc1F)C(N)=S. The number of carbonyl (C=O) groups excluding carboxylic acids is 1. The number of benzene rings is 1. The van der Waals surface area contributed by atoms with Crippen molar-refractivity contribution in [1.82, 2.24) is 0 Å². The number of amides is 1. The molecule has 3 nitrogen and oxygen atoms in total. The highest BCUT2D eigenvalue weighted by Crippen LogP contribution is 2.34. The maximum absolute atomic E-state index is 13.9. The number of nitrogens with two attached hydrogens (primary N) is 1. The molecule has 0 atom stereocenters. The molecule has 0 aromatic heterocycles. The first-order chi connectivity index (χ1) is 9.90. The van der Waals surface area contributed by atoms with E-state index in [-0.39, 0.29) is 16.6 Å². The van der Waals surface area contributed by atoms with E-state index in [0.717, 1.165) is 12.8 Å². The Morgan fingerprint density at radius 1 is 1.29 bits per heavy atom. The minimum Gasteiger partial charge on any atom is -0.392 e. The average Bonchev–Trinajstić information content (AvgIpc) is 2.45. The monoisotopic (exact) mass is 310 g/mol. The van der Waals surface area contributed by atoms with Gasteiger partial charge in [0.25, 0.3) is 0 Å². The summed E-state index contributed by atoms with van der Waals surface area (Å²) in [5, 5.41) is 0. The number of halogens is 1. The summed E-state index contributed by atoms with van der Waals surface area (Å²) in [5.41, 5.74) is 5.24. The average molecular weight is 310 g/mol. The molecule has 5 heteroatoms. The Hall–Kier alpha value is -1.49. The molecule has 116 valence electrons. The number of carbonyl (C=O) groups is 1. The van der Waals surface area contributed by atoms with Gasteiger partial charge in [-0.15, -0.1) is 0 Å².